The SMILES string of the molecule is ClC(Cl)(c1ccccc1)c1ccc(COc2ccccc2)cc1. The van der Waals surface area contributed by atoms with Crippen LogP contribution >= 0.6 is 23.2 Å². The van der Waals surface area contributed by atoms with Crippen LogP contribution in [0.5, 0.6) is 5.75 Å². The van der Waals surface area contributed by atoms with E-state index in [4.69, 9.17) is 27.9 Å². The lowest BCUT2D eigenvalue weighted by Gasteiger charge is -2.21. The maximum absolute atomic E-state index is 6.55. The summed E-state index contributed by atoms with van der Waals surface area (Å²) in [7, 11) is 0. The number of ether oxygens (including phenoxy) is 1. The molecule has 0 unspecified atom stereocenters. The molecule has 0 atom stereocenters. The summed E-state index contributed by atoms with van der Waals surface area (Å²) in [4.78, 5) is 0. The topological polar surface area (TPSA) is 9.23 Å². The van der Waals surface area contributed by atoms with Gasteiger partial charge in [0, 0.05) is 0 Å². The zero-order valence-corrected chi connectivity index (χ0v) is 14.0. The van der Waals surface area contributed by atoms with Crippen molar-refractivity contribution in [1.82, 2.24) is 0 Å². The summed E-state index contributed by atoms with van der Waals surface area (Å²) in [6.07, 6.45) is 0. The van der Waals surface area contributed by atoms with Gasteiger partial charge in [-0.1, -0.05) is 96.0 Å². The minimum Gasteiger partial charge on any atom is -0.489 e. The number of hydrogen-bond donors (Lipinski definition) is 0. The zero-order chi connectivity index (χ0) is 16.1. The van der Waals surface area contributed by atoms with E-state index in [2.05, 4.69) is 0 Å². The predicted molar refractivity (Wildman–Crippen MR) is 96.1 cm³/mol. The third-order valence-corrected chi connectivity index (χ3v) is 4.47. The lowest BCUT2D eigenvalue weighted by Crippen LogP contribution is -2.12. The molecule has 1 nitrogen and oxygen atoms in total. The molecule has 0 spiro atoms. The van der Waals surface area contributed by atoms with Crippen LogP contribution in [0.3, 0.4) is 0 Å². The number of alkyl halides is 2. The lowest BCUT2D eigenvalue weighted by atomic mass is 10.0. The molecule has 0 aliphatic carbocycles. The molecule has 0 bridgehead atoms. The van der Waals surface area contributed by atoms with Gasteiger partial charge in [-0.05, 0) is 28.8 Å². The minimum atomic E-state index is -1.06. The highest BCUT2D eigenvalue weighted by atomic mass is 35.5. The van der Waals surface area contributed by atoms with E-state index < -0.39 is 4.33 Å². The molecule has 3 aromatic rings. The van der Waals surface area contributed by atoms with Gasteiger partial charge in [-0.25, -0.2) is 0 Å². The summed E-state index contributed by atoms with van der Waals surface area (Å²) in [6, 6.07) is 27.2. The number of hydrogen-bond acceptors (Lipinski definition) is 1. The van der Waals surface area contributed by atoms with E-state index in [0.29, 0.717) is 6.61 Å². The fourth-order valence-corrected chi connectivity index (χ4v) is 2.81. The van der Waals surface area contributed by atoms with Gasteiger partial charge in [0.25, 0.3) is 0 Å². The number of halogens is 2. The van der Waals surface area contributed by atoms with Crippen molar-refractivity contribution in [2.24, 2.45) is 0 Å². The van der Waals surface area contributed by atoms with Gasteiger partial charge in [-0.15, -0.1) is 0 Å². The fourth-order valence-electron chi connectivity index (χ4n) is 2.31. The third kappa shape index (κ3) is 3.87. The standard InChI is InChI=1S/C20H16Cl2O/c21-20(22,17-7-3-1-4-8-17)18-13-11-16(12-14-18)15-23-19-9-5-2-6-10-19/h1-14H,15H2. The van der Waals surface area contributed by atoms with Gasteiger partial charge in [0.15, 0.2) is 4.33 Å². The molecule has 3 aromatic carbocycles. The summed E-state index contributed by atoms with van der Waals surface area (Å²) in [5.41, 5.74) is 2.77. The molecular weight excluding hydrogens is 327 g/mol. The van der Waals surface area contributed by atoms with Gasteiger partial charge >= 0.3 is 0 Å². The Kier molecular flexibility index (Phi) is 4.90. The highest BCUT2D eigenvalue weighted by Crippen LogP contribution is 2.40. The fraction of sp³-hybridized carbons (Fsp3) is 0.100. The summed E-state index contributed by atoms with van der Waals surface area (Å²) in [5, 5.41) is 0. The molecule has 0 aliphatic rings. The smallest absolute Gasteiger partial charge is 0.168 e. The van der Waals surface area contributed by atoms with E-state index in [1.807, 2.05) is 84.9 Å². The molecule has 0 fully saturated rings. The van der Waals surface area contributed by atoms with E-state index in [0.717, 1.165) is 22.4 Å². The second-order valence-electron chi connectivity index (χ2n) is 5.24. The second-order valence-corrected chi connectivity index (χ2v) is 6.57. The van der Waals surface area contributed by atoms with Crippen LogP contribution in [-0.2, 0) is 10.9 Å². The summed E-state index contributed by atoms with van der Waals surface area (Å²) in [6.45, 7) is 0.507. The molecule has 23 heavy (non-hydrogen) atoms. The van der Waals surface area contributed by atoms with Gasteiger partial charge in [0.05, 0.1) is 0 Å². The van der Waals surface area contributed by atoms with Crippen LogP contribution in [0.4, 0.5) is 0 Å². The molecule has 0 N–H and O–H groups in total. The maximum Gasteiger partial charge on any atom is 0.168 e. The summed E-state index contributed by atoms with van der Waals surface area (Å²) in [5.74, 6) is 0.852. The largest absolute Gasteiger partial charge is 0.489 e. The van der Waals surface area contributed by atoms with Gasteiger partial charge in [-0.3, -0.25) is 0 Å². The van der Waals surface area contributed by atoms with E-state index >= 15 is 0 Å². The second kappa shape index (κ2) is 7.08. The molecule has 3 rings (SSSR count). The molecule has 3 heteroatoms. The number of rotatable bonds is 5. The van der Waals surface area contributed by atoms with Crippen molar-refractivity contribution in [2.45, 2.75) is 10.9 Å². The molecule has 0 heterocycles. The molecule has 0 saturated heterocycles. The van der Waals surface area contributed by atoms with Gasteiger partial charge in [-0.2, -0.15) is 0 Å². The highest BCUT2D eigenvalue weighted by Gasteiger charge is 2.28. The zero-order valence-electron chi connectivity index (χ0n) is 12.5. The Morgan fingerprint density at radius 1 is 0.652 bits per heavy atom. The van der Waals surface area contributed by atoms with Crippen molar-refractivity contribution in [2.75, 3.05) is 0 Å². The van der Waals surface area contributed by atoms with E-state index in [1.165, 1.54) is 0 Å². The first kappa shape index (κ1) is 15.9. The maximum atomic E-state index is 6.55. The summed E-state index contributed by atoms with van der Waals surface area (Å²) < 4.78 is 4.68. The normalized spacial score (nSPS) is 11.2. The molecule has 0 amide bonds. The van der Waals surface area contributed by atoms with Crippen LogP contribution < -0.4 is 4.74 Å². The van der Waals surface area contributed by atoms with Crippen molar-refractivity contribution in [3.8, 4) is 5.75 Å². The third-order valence-electron chi connectivity index (χ3n) is 3.60. The Labute approximate surface area is 146 Å². The lowest BCUT2D eigenvalue weighted by molar-refractivity contribution is 0.306. The van der Waals surface area contributed by atoms with Crippen molar-refractivity contribution >= 4 is 23.2 Å². The van der Waals surface area contributed by atoms with E-state index in [1.54, 1.807) is 0 Å². The first-order valence-electron chi connectivity index (χ1n) is 7.37. The Bertz CT molecular complexity index is 738. The first-order valence-corrected chi connectivity index (χ1v) is 8.12. The average Bonchev–Trinajstić information content (AvgIpc) is 2.62. The molecule has 116 valence electrons. The Balaban J connectivity index is 1.72. The van der Waals surface area contributed by atoms with Crippen LogP contribution in [0, 0.1) is 0 Å². The monoisotopic (exact) mass is 342 g/mol. The van der Waals surface area contributed by atoms with Crippen LogP contribution in [0.2, 0.25) is 0 Å². The molecular formula is C20H16Cl2O. The highest BCUT2D eigenvalue weighted by molar-refractivity contribution is 6.50. The molecule has 0 radical (unpaired) electrons. The van der Waals surface area contributed by atoms with Crippen LogP contribution in [0.1, 0.15) is 16.7 Å². The van der Waals surface area contributed by atoms with Crippen LogP contribution in [0.25, 0.3) is 0 Å². The quantitative estimate of drug-likeness (QED) is 0.521. The van der Waals surface area contributed by atoms with Crippen molar-refractivity contribution in [3.63, 3.8) is 0 Å². The molecule has 0 saturated carbocycles. The van der Waals surface area contributed by atoms with Gasteiger partial charge in [0.2, 0.25) is 0 Å². The number of benzene rings is 3. The number of para-hydroxylation sites is 1. The Morgan fingerprint density at radius 3 is 1.78 bits per heavy atom. The minimum absolute atomic E-state index is 0.507. The Hall–Kier alpha value is -1.96. The van der Waals surface area contributed by atoms with Gasteiger partial charge in [0.1, 0.15) is 12.4 Å². The van der Waals surface area contributed by atoms with Crippen molar-refractivity contribution in [3.05, 3.63) is 102 Å². The summed E-state index contributed by atoms with van der Waals surface area (Å²) >= 11 is 13.1. The van der Waals surface area contributed by atoms with Crippen LogP contribution in [0.15, 0.2) is 84.9 Å². The predicted octanol–water partition coefficient (Wildman–Crippen LogP) is 5.94. The van der Waals surface area contributed by atoms with Crippen molar-refractivity contribution < 1.29 is 4.74 Å². The van der Waals surface area contributed by atoms with Gasteiger partial charge < -0.3 is 4.74 Å². The van der Waals surface area contributed by atoms with E-state index in [-0.39, 0.29) is 0 Å². The van der Waals surface area contributed by atoms with Crippen molar-refractivity contribution in [1.29, 1.82) is 0 Å². The van der Waals surface area contributed by atoms with E-state index in [9.17, 15) is 0 Å². The Morgan fingerprint density at radius 2 is 1.17 bits per heavy atom. The molecule has 0 aliphatic heterocycles. The molecule has 0 aromatic heterocycles. The first-order chi connectivity index (χ1) is 11.2. The average molecular weight is 343 g/mol. The van der Waals surface area contributed by atoms with Crippen LogP contribution in [-0.4, -0.2) is 0 Å².